The van der Waals surface area contributed by atoms with E-state index in [4.69, 9.17) is 11.6 Å². The van der Waals surface area contributed by atoms with Crippen molar-refractivity contribution in [3.63, 3.8) is 0 Å². The molecule has 2 atom stereocenters. The molecule has 1 aliphatic heterocycles. The maximum absolute atomic E-state index is 5.82. The van der Waals surface area contributed by atoms with Gasteiger partial charge in [-0.1, -0.05) is 24.3 Å². The van der Waals surface area contributed by atoms with Crippen LogP contribution < -0.4 is 0 Å². The molecular weight excluding hydrogens is 300 g/mol. The Kier molecular flexibility index (Phi) is 3.74. The van der Waals surface area contributed by atoms with E-state index in [1.54, 1.807) is 11.3 Å². The third kappa shape index (κ3) is 2.75. The number of likely N-dealkylation sites (tertiary alicyclic amines) is 1. The Balaban J connectivity index is 1.46. The lowest BCUT2D eigenvalue weighted by atomic mass is 10.1. The van der Waals surface area contributed by atoms with Gasteiger partial charge in [0.05, 0.1) is 11.6 Å². The van der Waals surface area contributed by atoms with Crippen LogP contribution in [0.1, 0.15) is 30.5 Å². The molecule has 2 bridgehead atoms. The van der Waals surface area contributed by atoms with Crippen LogP contribution in [0.5, 0.6) is 0 Å². The number of piperidine rings is 1. The summed E-state index contributed by atoms with van der Waals surface area (Å²) in [6.07, 6.45) is 4.29. The molecule has 2 fully saturated rings. The molecule has 2 unspecified atom stereocenters. The van der Waals surface area contributed by atoms with Crippen molar-refractivity contribution >= 4 is 22.9 Å². The lowest BCUT2D eigenvalue weighted by molar-refractivity contribution is 0.205. The number of hydrogen-bond donors (Lipinski definition) is 0. The Morgan fingerprint density at radius 3 is 2.71 bits per heavy atom. The number of rotatable bonds is 4. The van der Waals surface area contributed by atoms with Crippen molar-refractivity contribution in [1.29, 1.82) is 0 Å². The standard InChI is InChI=1S/C17H19ClN2S/c18-8-15-11-21-17(19-15)14-4-1-12(2-5-14)9-20-10-13-3-6-16(20)7-13/h1-2,4-5,11,13,16H,3,6-10H2. The zero-order chi connectivity index (χ0) is 14.2. The van der Waals surface area contributed by atoms with Gasteiger partial charge in [0.1, 0.15) is 5.01 Å². The second-order valence-electron chi connectivity index (χ2n) is 6.24. The molecule has 0 radical (unpaired) electrons. The van der Waals surface area contributed by atoms with Crippen molar-refractivity contribution in [3.8, 4) is 10.6 Å². The highest BCUT2D eigenvalue weighted by molar-refractivity contribution is 7.13. The van der Waals surface area contributed by atoms with Gasteiger partial charge in [-0.3, -0.25) is 4.90 Å². The summed E-state index contributed by atoms with van der Waals surface area (Å²) < 4.78 is 0. The van der Waals surface area contributed by atoms with Gasteiger partial charge < -0.3 is 0 Å². The number of nitrogens with zero attached hydrogens (tertiary/aromatic N) is 2. The molecular formula is C17H19ClN2S. The van der Waals surface area contributed by atoms with Crippen molar-refractivity contribution in [2.75, 3.05) is 6.54 Å². The maximum atomic E-state index is 5.82. The Morgan fingerprint density at radius 2 is 2.10 bits per heavy atom. The average Bonchev–Trinajstić information content (AvgIpc) is 3.24. The Labute approximate surface area is 134 Å². The number of halogens is 1. The van der Waals surface area contributed by atoms with Crippen LogP contribution in [0.3, 0.4) is 0 Å². The van der Waals surface area contributed by atoms with Crippen molar-refractivity contribution in [2.45, 2.75) is 37.7 Å². The molecule has 0 N–H and O–H groups in total. The number of alkyl halides is 1. The first kappa shape index (κ1) is 13.7. The zero-order valence-electron chi connectivity index (χ0n) is 12.0. The minimum Gasteiger partial charge on any atom is -0.296 e. The van der Waals surface area contributed by atoms with Crippen LogP contribution in [-0.2, 0) is 12.4 Å². The predicted octanol–water partition coefficient (Wildman–Crippen LogP) is 4.53. The first-order valence-electron chi connectivity index (χ1n) is 7.65. The van der Waals surface area contributed by atoms with Gasteiger partial charge in [0.2, 0.25) is 0 Å². The van der Waals surface area contributed by atoms with Gasteiger partial charge in [0.15, 0.2) is 0 Å². The summed E-state index contributed by atoms with van der Waals surface area (Å²) in [5, 5.41) is 3.11. The highest BCUT2D eigenvalue weighted by Crippen LogP contribution is 2.38. The highest BCUT2D eigenvalue weighted by atomic mass is 35.5. The number of hydrogen-bond acceptors (Lipinski definition) is 3. The van der Waals surface area contributed by atoms with Gasteiger partial charge in [0, 0.05) is 30.1 Å². The summed E-state index contributed by atoms with van der Waals surface area (Å²) in [5.74, 6) is 1.46. The zero-order valence-corrected chi connectivity index (χ0v) is 13.5. The maximum Gasteiger partial charge on any atom is 0.123 e. The molecule has 4 heteroatoms. The predicted molar refractivity (Wildman–Crippen MR) is 88.6 cm³/mol. The van der Waals surface area contributed by atoms with Crippen molar-refractivity contribution in [2.24, 2.45) is 5.92 Å². The third-order valence-corrected chi connectivity index (χ3v) is 6.01. The summed E-state index contributed by atoms with van der Waals surface area (Å²) in [6, 6.07) is 9.74. The molecule has 0 amide bonds. The van der Waals surface area contributed by atoms with Crippen LogP contribution in [0.4, 0.5) is 0 Å². The van der Waals surface area contributed by atoms with E-state index in [9.17, 15) is 0 Å². The van der Waals surface area contributed by atoms with Crippen LogP contribution in [0.15, 0.2) is 29.6 Å². The first-order chi connectivity index (χ1) is 10.3. The minimum atomic E-state index is 0.492. The molecule has 0 spiro atoms. The topological polar surface area (TPSA) is 16.1 Å². The summed E-state index contributed by atoms with van der Waals surface area (Å²) >= 11 is 7.49. The van der Waals surface area contributed by atoms with E-state index >= 15 is 0 Å². The molecule has 1 saturated heterocycles. The summed E-state index contributed by atoms with van der Waals surface area (Å²) in [6.45, 7) is 2.41. The van der Waals surface area contributed by atoms with Gasteiger partial charge in [-0.05, 0) is 30.7 Å². The van der Waals surface area contributed by atoms with Gasteiger partial charge in [-0.2, -0.15) is 0 Å². The van der Waals surface area contributed by atoms with Crippen LogP contribution >= 0.6 is 22.9 Å². The minimum absolute atomic E-state index is 0.492. The molecule has 2 heterocycles. The molecule has 4 rings (SSSR count). The van der Waals surface area contributed by atoms with E-state index in [0.29, 0.717) is 5.88 Å². The second kappa shape index (κ2) is 5.71. The second-order valence-corrected chi connectivity index (χ2v) is 7.36. The van der Waals surface area contributed by atoms with E-state index in [0.717, 1.165) is 29.2 Å². The molecule has 1 saturated carbocycles. The number of thiazole rings is 1. The van der Waals surface area contributed by atoms with Gasteiger partial charge >= 0.3 is 0 Å². The molecule has 1 aromatic heterocycles. The van der Waals surface area contributed by atoms with Gasteiger partial charge in [-0.15, -0.1) is 22.9 Å². The smallest absolute Gasteiger partial charge is 0.123 e. The number of aromatic nitrogens is 1. The van der Waals surface area contributed by atoms with E-state index < -0.39 is 0 Å². The van der Waals surface area contributed by atoms with Gasteiger partial charge in [-0.25, -0.2) is 4.98 Å². The van der Waals surface area contributed by atoms with Crippen LogP contribution in [0.25, 0.3) is 10.6 Å². The Hall–Kier alpha value is -0.900. The summed E-state index contributed by atoms with van der Waals surface area (Å²) in [4.78, 5) is 7.20. The fraction of sp³-hybridized carbons (Fsp3) is 0.471. The molecule has 1 aromatic carbocycles. The SMILES string of the molecule is ClCc1csc(-c2ccc(CN3CC4CCC3C4)cc2)n1. The molecule has 2 nitrogen and oxygen atoms in total. The lowest BCUT2D eigenvalue weighted by Gasteiger charge is -2.26. The van der Waals surface area contributed by atoms with Crippen LogP contribution in [0, 0.1) is 5.92 Å². The summed E-state index contributed by atoms with van der Waals surface area (Å²) in [5.41, 5.74) is 3.58. The van der Waals surface area contributed by atoms with Crippen LogP contribution in [-0.4, -0.2) is 22.5 Å². The Bertz CT molecular complexity index is 622. The molecule has 2 aromatic rings. The third-order valence-electron chi connectivity index (χ3n) is 4.80. The number of fused-ring (bicyclic) bond motifs is 2. The van der Waals surface area contributed by atoms with E-state index in [2.05, 4.69) is 34.1 Å². The lowest BCUT2D eigenvalue weighted by Crippen LogP contribution is -2.31. The normalized spacial score (nSPS) is 24.8. The quantitative estimate of drug-likeness (QED) is 0.770. The molecule has 2 aliphatic rings. The highest BCUT2D eigenvalue weighted by Gasteiger charge is 2.37. The first-order valence-corrected chi connectivity index (χ1v) is 9.07. The van der Waals surface area contributed by atoms with Crippen molar-refractivity contribution < 1.29 is 0 Å². The van der Waals surface area contributed by atoms with Crippen LogP contribution in [0.2, 0.25) is 0 Å². The van der Waals surface area contributed by atoms with E-state index in [-0.39, 0.29) is 0 Å². The monoisotopic (exact) mass is 318 g/mol. The number of benzene rings is 1. The fourth-order valence-electron chi connectivity index (χ4n) is 3.71. The van der Waals surface area contributed by atoms with Crippen molar-refractivity contribution in [1.82, 2.24) is 9.88 Å². The van der Waals surface area contributed by atoms with Gasteiger partial charge in [0.25, 0.3) is 0 Å². The van der Waals surface area contributed by atoms with Crippen molar-refractivity contribution in [3.05, 3.63) is 40.9 Å². The fourth-order valence-corrected chi connectivity index (χ4v) is 4.76. The molecule has 21 heavy (non-hydrogen) atoms. The van der Waals surface area contributed by atoms with E-state index in [1.807, 2.05) is 5.38 Å². The average molecular weight is 319 g/mol. The van der Waals surface area contributed by atoms with E-state index in [1.165, 1.54) is 36.9 Å². The Morgan fingerprint density at radius 1 is 1.24 bits per heavy atom. The molecule has 110 valence electrons. The molecule has 1 aliphatic carbocycles. The largest absolute Gasteiger partial charge is 0.296 e. The summed E-state index contributed by atoms with van der Waals surface area (Å²) in [7, 11) is 0.